The van der Waals surface area contributed by atoms with Gasteiger partial charge in [-0.1, -0.05) is 109 Å². The Morgan fingerprint density at radius 3 is 1.49 bits per heavy atom. The van der Waals surface area contributed by atoms with Gasteiger partial charge in [-0.15, -0.1) is 0 Å². The average molecular weight is 446 g/mol. The zero-order valence-corrected chi connectivity index (χ0v) is 19.2. The number of nitrogens with zero attached hydrogens (tertiary/aromatic N) is 1. The molecule has 7 rings (SSSR count). The van der Waals surface area contributed by atoms with Crippen LogP contribution in [0.25, 0.3) is 43.4 Å². The SMILES string of the molecule is c1ccc(-c2ccc3ccc4c(N(c5ccccc5)c5ccccc5)ccc5ccc2c3c54)cc1. The molecule has 0 radical (unpaired) electrons. The third-order valence-electron chi connectivity index (χ3n) is 7.00. The van der Waals surface area contributed by atoms with Crippen molar-refractivity contribution in [2.75, 3.05) is 4.90 Å². The van der Waals surface area contributed by atoms with E-state index in [1.807, 2.05) is 0 Å². The molecule has 7 aromatic carbocycles. The largest absolute Gasteiger partial charge is 0.310 e. The van der Waals surface area contributed by atoms with Crippen LogP contribution in [0.1, 0.15) is 0 Å². The van der Waals surface area contributed by atoms with E-state index < -0.39 is 0 Å². The van der Waals surface area contributed by atoms with Gasteiger partial charge in [0.15, 0.2) is 0 Å². The molecule has 0 aliphatic heterocycles. The number of para-hydroxylation sites is 2. The highest BCUT2D eigenvalue weighted by Crippen LogP contribution is 2.45. The normalized spacial score (nSPS) is 11.4. The molecule has 0 N–H and O–H groups in total. The molecule has 0 aromatic heterocycles. The van der Waals surface area contributed by atoms with Crippen molar-refractivity contribution < 1.29 is 0 Å². The first-order valence-electron chi connectivity index (χ1n) is 12.0. The van der Waals surface area contributed by atoms with E-state index in [0.717, 1.165) is 11.4 Å². The maximum atomic E-state index is 2.37. The Bertz CT molecular complexity index is 1730. The van der Waals surface area contributed by atoms with E-state index in [1.165, 1.54) is 49.1 Å². The van der Waals surface area contributed by atoms with E-state index in [4.69, 9.17) is 0 Å². The third kappa shape index (κ3) is 3.17. The van der Waals surface area contributed by atoms with Crippen LogP contribution >= 0.6 is 0 Å². The van der Waals surface area contributed by atoms with Crippen LogP contribution in [0.2, 0.25) is 0 Å². The Kier molecular flexibility index (Phi) is 4.53. The van der Waals surface area contributed by atoms with Gasteiger partial charge in [0.2, 0.25) is 0 Å². The molecule has 1 heteroatoms. The van der Waals surface area contributed by atoms with Crippen LogP contribution in [0.5, 0.6) is 0 Å². The van der Waals surface area contributed by atoms with Crippen LogP contribution in [0.4, 0.5) is 17.1 Å². The first-order chi connectivity index (χ1) is 17.4. The average Bonchev–Trinajstić information content (AvgIpc) is 2.94. The first kappa shape index (κ1) is 19.8. The van der Waals surface area contributed by atoms with Crippen LogP contribution in [-0.2, 0) is 0 Å². The van der Waals surface area contributed by atoms with Crippen molar-refractivity contribution in [1.29, 1.82) is 0 Å². The Balaban J connectivity index is 1.56. The van der Waals surface area contributed by atoms with E-state index in [2.05, 4.69) is 144 Å². The van der Waals surface area contributed by atoms with Crippen LogP contribution in [0.3, 0.4) is 0 Å². The molecule has 0 fully saturated rings. The molecule has 164 valence electrons. The van der Waals surface area contributed by atoms with Crippen LogP contribution in [-0.4, -0.2) is 0 Å². The van der Waals surface area contributed by atoms with Gasteiger partial charge in [-0.3, -0.25) is 0 Å². The van der Waals surface area contributed by atoms with Crippen molar-refractivity contribution in [2.45, 2.75) is 0 Å². The van der Waals surface area contributed by atoms with E-state index in [9.17, 15) is 0 Å². The molecule has 0 amide bonds. The highest BCUT2D eigenvalue weighted by molar-refractivity contribution is 6.27. The van der Waals surface area contributed by atoms with E-state index in [1.54, 1.807) is 0 Å². The van der Waals surface area contributed by atoms with Crippen molar-refractivity contribution >= 4 is 49.4 Å². The summed E-state index contributed by atoms with van der Waals surface area (Å²) in [6.45, 7) is 0. The molecule has 0 spiro atoms. The minimum Gasteiger partial charge on any atom is -0.310 e. The van der Waals surface area contributed by atoms with Crippen LogP contribution < -0.4 is 4.90 Å². The lowest BCUT2D eigenvalue weighted by Crippen LogP contribution is -2.10. The lowest BCUT2D eigenvalue weighted by atomic mass is 9.89. The lowest BCUT2D eigenvalue weighted by molar-refractivity contribution is 1.30. The third-order valence-corrected chi connectivity index (χ3v) is 7.00. The van der Waals surface area contributed by atoms with Gasteiger partial charge in [0.1, 0.15) is 0 Å². The number of anilines is 3. The Labute approximate surface area is 204 Å². The summed E-state index contributed by atoms with van der Waals surface area (Å²) in [6.07, 6.45) is 0. The summed E-state index contributed by atoms with van der Waals surface area (Å²) in [4.78, 5) is 2.37. The number of hydrogen-bond acceptors (Lipinski definition) is 1. The van der Waals surface area contributed by atoms with Gasteiger partial charge in [-0.2, -0.15) is 0 Å². The van der Waals surface area contributed by atoms with Gasteiger partial charge >= 0.3 is 0 Å². The predicted molar refractivity (Wildman–Crippen MR) is 150 cm³/mol. The van der Waals surface area contributed by atoms with Crippen LogP contribution in [0.15, 0.2) is 140 Å². The first-order valence-corrected chi connectivity index (χ1v) is 12.0. The minimum atomic E-state index is 1.15. The van der Waals surface area contributed by atoms with Crippen LogP contribution in [0, 0.1) is 0 Å². The Hall–Kier alpha value is -4.62. The summed E-state index contributed by atoms with van der Waals surface area (Å²) in [7, 11) is 0. The fraction of sp³-hybridized carbons (Fsp3) is 0. The van der Waals surface area contributed by atoms with Gasteiger partial charge < -0.3 is 4.90 Å². The van der Waals surface area contributed by atoms with Gasteiger partial charge in [0.25, 0.3) is 0 Å². The second-order valence-electron chi connectivity index (χ2n) is 8.99. The Morgan fingerprint density at radius 2 is 0.857 bits per heavy atom. The van der Waals surface area contributed by atoms with Gasteiger partial charge in [-0.25, -0.2) is 0 Å². The summed E-state index contributed by atoms with van der Waals surface area (Å²) in [6, 6.07) is 50.2. The lowest BCUT2D eigenvalue weighted by Gasteiger charge is -2.27. The zero-order chi connectivity index (χ0) is 23.2. The number of hydrogen-bond donors (Lipinski definition) is 0. The highest BCUT2D eigenvalue weighted by atomic mass is 15.1. The van der Waals surface area contributed by atoms with E-state index in [0.29, 0.717) is 0 Å². The van der Waals surface area contributed by atoms with Crippen molar-refractivity contribution in [1.82, 2.24) is 0 Å². The number of rotatable bonds is 4. The monoisotopic (exact) mass is 445 g/mol. The molecule has 0 saturated carbocycles. The second kappa shape index (κ2) is 8.00. The van der Waals surface area contributed by atoms with E-state index in [-0.39, 0.29) is 0 Å². The number of benzene rings is 7. The molecule has 0 heterocycles. The zero-order valence-electron chi connectivity index (χ0n) is 19.2. The highest BCUT2D eigenvalue weighted by Gasteiger charge is 2.18. The fourth-order valence-electron chi connectivity index (χ4n) is 5.43. The second-order valence-corrected chi connectivity index (χ2v) is 8.99. The topological polar surface area (TPSA) is 3.24 Å². The molecule has 35 heavy (non-hydrogen) atoms. The summed E-state index contributed by atoms with van der Waals surface area (Å²) >= 11 is 0. The molecule has 7 aromatic rings. The summed E-state index contributed by atoms with van der Waals surface area (Å²) in [5, 5.41) is 7.78. The molecular formula is C34H23N. The molecule has 0 aliphatic carbocycles. The van der Waals surface area contributed by atoms with E-state index >= 15 is 0 Å². The molecule has 1 nitrogen and oxygen atoms in total. The molecule has 0 aliphatic rings. The maximum absolute atomic E-state index is 2.37. The molecule has 0 atom stereocenters. The maximum Gasteiger partial charge on any atom is 0.0540 e. The van der Waals surface area contributed by atoms with Crippen molar-refractivity contribution in [3.05, 3.63) is 140 Å². The summed E-state index contributed by atoms with van der Waals surface area (Å²) in [5.41, 5.74) is 6.02. The van der Waals surface area contributed by atoms with Gasteiger partial charge in [0.05, 0.1) is 5.69 Å². The quantitative estimate of drug-likeness (QED) is 0.244. The van der Waals surface area contributed by atoms with Crippen molar-refractivity contribution in [3.63, 3.8) is 0 Å². The van der Waals surface area contributed by atoms with Gasteiger partial charge in [-0.05, 0) is 68.4 Å². The summed E-state index contributed by atoms with van der Waals surface area (Å²) < 4.78 is 0. The molecule has 0 saturated heterocycles. The Morgan fingerprint density at radius 1 is 0.371 bits per heavy atom. The van der Waals surface area contributed by atoms with Gasteiger partial charge in [0, 0.05) is 16.8 Å². The fourth-order valence-corrected chi connectivity index (χ4v) is 5.43. The molecule has 0 bridgehead atoms. The molecule has 0 unspecified atom stereocenters. The summed E-state index contributed by atoms with van der Waals surface area (Å²) in [5.74, 6) is 0. The van der Waals surface area contributed by atoms with Crippen molar-refractivity contribution in [3.8, 4) is 11.1 Å². The molecular weight excluding hydrogens is 422 g/mol. The smallest absolute Gasteiger partial charge is 0.0540 e. The predicted octanol–water partition coefficient (Wildman–Crippen LogP) is 9.72. The van der Waals surface area contributed by atoms with Crippen molar-refractivity contribution in [2.24, 2.45) is 0 Å². The minimum absolute atomic E-state index is 1.15. The standard InChI is InChI=1S/C34H23N/c1-4-10-24(11-5-1)29-20-16-25-18-22-31-32(23-19-26-17-21-30(29)33(25)34(26)31)35(27-12-6-2-7-13-27)28-14-8-3-9-15-28/h1-23H.